The number of carbonyl (C=O) groups is 2. The molecule has 1 heterocycles. The van der Waals surface area contributed by atoms with Crippen LogP contribution in [0.1, 0.15) is 23.7 Å². The quantitative estimate of drug-likeness (QED) is 0.643. The summed E-state index contributed by atoms with van der Waals surface area (Å²) < 4.78 is 0.892. The van der Waals surface area contributed by atoms with Crippen molar-refractivity contribution in [3.05, 3.63) is 56.6 Å². The Morgan fingerprint density at radius 2 is 1.81 bits per heavy atom. The number of anilines is 2. The molecule has 0 radical (unpaired) electrons. The van der Waals surface area contributed by atoms with Gasteiger partial charge in [0.05, 0.1) is 16.9 Å². The van der Waals surface area contributed by atoms with Gasteiger partial charge in [-0.1, -0.05) is 30.7 Å². The molecule has 2 aromatic rings. The number of halogens is 2. The van der Waals surface area contributed by atoms with Crippen molar-refractivity contribution in [3.63, 3.8) is 0 Å². The molecule has 3 rings (SSSR count). The summed E-state index contributed by atoms with van der Waals surface area (Å²) in [5.41, 5.74) is 2.23. The molecule has 0 atom stereocenters. The van der Waals surface area contributed by atoms with Crippen molar-refractivity contribution in [1.29, 1.82) is 0 Å². The van der Waals surface area contributed by atoms with Crippen LogP contribution < -0.4 is 10.2 Å². The van der Waals surface area contributed by atoms with E-state index in [1.54, 1.807) is 12.1 Å². The van der Waals surface area contributed by atoms with E-state index in [2.05, 4.69) is 32.8 Å². The molecule has 7 heteroatoms. The molecule has 27 heavy (non-hydrogen) atoms. The van der Waals surface area contributed by atoms with E-state index >= 15 is 0 Å². The molecule has 1 aliphatic rings. The average Bonchev–Trinajstić information content (AvgIpc) is 2.68. The second-order valence-corrected chi connectivity index (χ2v) is 7.92. The minimum atomic E-state index is -0.164. The first kappa shape index (κ1) is 19.9. The zero-order valence-electron chi connectivity index (χ0n) is 15.0. The van der Waals surface area contributed by atoms with Gasteiger partial charge in [-0.05, 0) is 52.9 Å². The van der Waals surface area contributed by atoms with E-state index < -0.39 is 0 Å². The molecule has 142 valence electrons. The van der Waals surface area contributed by atoms with Crippen LogP contribution >= 0.6 is 34.2 Å². The zero-order chi connectivity index (χ0) is 19.4. The van der Waals surface area contributed by atoms with Gasteiger partial charge in [-0.3, -0.25) is 9.59 Å². The number of hydrogen-bond acceptors (Lipinski definition) is 3. The monoisotopic (exact) mass is 497 g/mol. The zero-order valence-corrected chi connectivity index (χ0v) is 18.0. The third-order valence-electron chi connectivity index (χ3n) is 4.60. The van der Waals surface area contributed by atoms with Gasteiger partial charge >= 0.3 is 0 Å². The molecule has 0 bridgehead atoms. The van der Waals surface area contributed by atoms with Gasteiger partial charge in [-0.25, -0.2) is 0 Å². The Bertz CT molecular complexity index is 851. The number of piperazine rings is 1. The van der Waals surface area contributed by atoms with Gasteiger partial charge in [0.2, 0.25) is 5.91 Å². The maximum atomic E-state index is 12.7. The summed E-state index contributed by atoms with van der Waals surface area (Å²) >= 11 is 8.33. The molecule has 1 saturated heterocycles. The molecule has 0 aromatic heterocycles. The minimum Gasteiger partial charge on any atom is -0.366 e. The SMILES string of the molecule is CCC(=O)N1CCN(c2ccc(Cl)cc2NC(=O)c2ccccc2I)CC1. The first-order valence-electron chi connectivity index (χ1n) is 8.87. The number of rotatable bonds is 4. The summed E-state index contributed by atoms with van der Waals surface area (Å²) in [6.07, 6.45) is 0.526. The van der Waals surface area contributed by atoms with Crippen LogP contribution in [-0.2, 0) is 4.79 Å². The van der Waals surface area contributed by atoms with Crippen LogP contribution in [0.25, 0.3) is 0 Å². The number of amides is 2. The highest BCUT2D eigenvalue weighted by molar-refractivity contribution is 14.1. The van der Waals surface area contributed by atoms with Crippen LogP contribution in [0.5, 0.6) is 0 Å². The predicted octanol–water partition coefficient (Wildman–Crippen LogP) is 4.26. The van der Waals surface area contributed by atoms with Crippen molar-refractivity contribution >= 4 is 57.4 Å². The predicted molar refractivity (Wildman–Crippen MR) is 118 cm³/mol. The number of hydrogen-bond donors (Lipinski definition) is 1. The number of benzene rings is 2. The lowest BCUT2D eigenvalue weighted by Crippen LogP contribution is -2.48. The Labute approximate surface area is 177 Å². The Morgan fingerprint density at radius 1 is 1.11 bits per heavy atom. The molecule has 1 N–H and O–H groups in total. The molecule has 0 saturated carbocycles. The van der Waals surface area contributed by atoms with Gasteiger partial charge in [0.25, 0.3) is 5.91 Å². The second-order valence-electron chi connectivity index (χ2n) is 6.32. The summed E-state index contributed by atoms with van der Waals surface area (Å²) in [6.45, 7) is 4.68. The normalized spacial score (nSPS) is 14.2. The Balaban J connectivity index is 1.79. The third kappa shape index (κ3) is 4.73. The second kappa shape index (κ2) is 8.93. The van der Waals surface area contributed by atoms with E-state index in [1.807, 2.05) is 42.2 Å². The lowest BCUT2D eigenvalue weighted by molar-refractivity contribution is -0.131. The van der Waals surface area contributed by atoms with Crippen LogP contribution in [0.3, 0.4) is 0 Å². The maximum Gasteiger partial charge on any atom is 0.256 e. The highest BCUT2D eigenvalue weighted by Crippen LogP contribution is 2.31. The minimum absolute atomic E-state index is 0.164. The molecule has 2 aromatic carbocycles. The smallest absolute Gasteiger partial charge is 0.256 e. The Morgan fingerprint density at radius 3 is 2.48 bits per heavy atom. The van der Waals surface area contributed by atoms with Crippen molar-refractivity contribution in [3.8, 4) is 0 Å². The summed E-state index contributed by atoms with van der Waals surface area (Å²) in [4.78, 5) is 28.7. The average molecular weight is 498 g/mol. The molecule has 0 spiro atoms. The largest absolute Gasteiger partial charge is 0.366 e. The van der Waals surface area contributed by atoms with Gasteiger partial charge < -0.3 is 15.1 Å². The van der Waals surface area contributed by atoms with Gasteiger partial charge in [-0.15, -0.1) is 0 Å². The molecule has 0 unspecified atom stereocenters. The van der Waals surface area contributed by atoms with Crippen molar-refractivity contribution in [2.24, 2.45) is 0 Å². The summed E-state index contributed by atoms with van der Waals surface area (Å²) in [5, 5.41) is 3.57. The van der Waals surface area contributed by atoms with Crippen LogP contribution in [-0.4, -0.2) is 42.9 Å². The number of nitrogens with one attached hydrogen (secondary N) is 1. The van der Waals surface area contributed by atoms with Crippen LogP contribution in [0, 0.1) is 3.57 Å². The first-order valence-corrected chi connectivity index (χ1v) is 10.3. The van der Waals surface area contributed by atoms with Crippen LogP contribution in [0.2, 0.25) is 5.02 Å². The summed E-state index contributed by atoms with van der Waals surface area (Å²) in [5.74, 6) is 0.0150. The lowest BCUT2D eigenvalue weighted by Gasteiger charge is -2.37. The van der Waals surface area contributed by atoms with E-state index in [0.717, 1.165) is 22.3 Å². The van der Waals surface area contributed by atoms with Gasteiger partial charge in [0.15, 0.2) is 0 Å². The molecule has 1 aliphatic heterocycles. The molecule has 0 aliphatic carbocycles. The van der Waals surface area contributed by atoms with E-state index in [0.29, 0.717) is 35.8 Å². The highest BCUT2D eigenvalue weighted by atomic mass is 127. The standard InChI is InChI=1S/C20H21ClIN3O2/c1-2-19(26)25-11-9-24(10-12-25)18-8-7-14(21)13-17(18)23-20(27)15-5-3-4-6-16(15)22/h3-8,13H,2,9-12H2,1H3,(H,23,27). The summed E-state index contributed by atoms with van der Waals surface area (Å²) in [6, 6.07) is 13.0. The number of nitrogens with zero attached hydrogens (tertiary/aromatic N) is 2. The van der Waals surface area contributed by atoms with E-state index in [1.165, 1.54) is 0 Å². The lowest BCUT2D eigenvalue weighted by atomic mass is 10.1. The fraction of sp³-hybridized carbons (Fsp3) is 0.300. The van der Waals surface area contributed by atoms with Crippen molar-refractivity contribution < 1.29 is 9.59 Å². The van der Waals surface area contributed by atoms with Gasteiger partial charge in [0.1, 0.15) is 0 Å². The Hall–Kier alpha value is -1.80. The molecular weight excluding hydrogens is 477 g/mol. The van der Waals surface area contributed by atoms with E-state index in [4.69, 9.17) is 11.6 Å². The number of carbonyl (C=O) groups excluding carboxylic acids is 2. The van der Waals surface area contributed by atoms with Crippen molar-refractivity contribution in [1.82, 2.24) is 4.90 Å². The van der Waals surface area contributed by atoms with Gasteiger partial charge in [-0.2, -0.15) is 0 Å². The topological polar surface area (TPSA) is 52.7 Å². The molecule has 2 amide bonds. The molecule has 1 fully saturated rings. The Kier molecular flexibility index (Phi) is 6.59. The fourth-order valence-electron chi connectivity index (χ4n) is 3.14. The van der Waals surface area contributed by atoms with Crippen LogP contribution in [0.4, 0.5) is 11.4 Å². The van der Waals surface area contributed by atoms with Crippen LogP contribution in [0.15, 0.2) is 42.5 Å². The van der Waals surface area contributed by atoms with Crippen molar-refractivity contribution in [2.75, 3.05) is 36.4 Å². The fourth-order valence-corrected chi connectivity index (χ4v) is 3.94. The van der Waals surface area contributed by atoms with E-state index in [9.17, 15) is 9.59 Å². The first-order chi connectivity index (χ1) is 13.0. The third-order valence-corrected chi connectivity index (χ3v) is 5.78. The molecular formula is C20H21ClIN3O2. The van der Waals surface area contributed by atoms with Gasteiger partial charge in [0, 0.05) is 41.2 Å². The van der Waals surface area contributed by atoms with E-state index in [-0.39, 0.29) is 11.8 Å². The summed E-state index contributed by atoms with van der Waals surface area (Å²) in [7, 11) is 0. The molecule has 5 nitrogen and oxygen atoms in total. The maximum absolute atomic E-state index is 12.7. The highest BCUT2D eigenvalue weighted by Gasteiger charge is 2.22. The van der Waals surface area contributed by atoms with Crippen molar-refractivity contribution in [2.45, 2.75) is 13.3 Å².